The van der Waals surface area contributed by atoms with Crippen molar-refractivity contribution in [2.24, 2.45) is 0 Å². The van der Waals surface area contributed by atoms with Gasteiger partial charge in [-0.1, -0.05) is 12.1 Å². The van der Waals surface area contributed by atoms with Crippen LogP contribution in [0.1, 0.15) is 5.56 Å². The SMILES string of the molecule is COc1ccc(CN2CCN(S(=O)(=O)c3ccc(OC)cc3)CC2)cc1.O=C(O)C(=O)O. The molecule has 0 aromatic heterocycles. The van der Waals surface area contributed by atoms with Gasteiger partial charge in [0.2, 0.25) is 10.0 Å². The van der Waals surface area contributed by atoms with E-state index in [-0.39, 0.29) is 0 Å². The molecule has 3 rings (SSSR count). The van der Waals surface area contributed by atoms with Crippen LogP contribution in [0.25, 0.3) is 0 Å². The lowest BCUT2D eigenvalue weighted by atomic mass is 10.2. The molecule has 0 saturated carbocycles. The van der Waals surface area contributed by atoms with Crippen LogP contribution >= 0.6 is 0 Å². The lowest BCUT2D eigenvalue weighted by Gasteiger charge is -2.34. The van der Waals surface area contributed by atoms with E-state index in [1.165, 1.54) is 5.56 Å². The number of carbonyl (C=O) groups is 2. The molecule has 32 heavy (non-hydrogen) atoms. The largest absolute Gasteiger partial charge is 0.497 e. The first-order chi connectivity index (χ1) is 15.2. The average Bonchev–Trinajstić information content (AvgIpc) is 2.80. The highest BCUT2D eigenvalue weighted by Crippen LogP contribution is 2.21. The molecule has 1 aliphatic heterocycles. The first-order valence-electron chi connectivity index (χ1n) is 9.63. The van der Waals surface area contributed by atoms with Gasteiger partial charge >= 0.3 is 11.9 Å². The lowest BCUT2D eigenvalue weighted by Crippen LogP contribution is -2.48. The Bertz CT molecular complexity index is 987. The number of carboxylic acid groups (broad SMARTS) is 2. The lowest BCUT2D eigenvalue weighted by molar-refractivity contribution is -0.159. The molecule has 11 heteroatoms. The minimum atomic E-state index is -3.46. The first kappa shape index (κ1) is 25.1. The molecule has 0 unspecified atom stereocenters. The molecule has 0 spiro atoms. The summed E-state index contributed by atoms with van der Waals surface area (Å²) in [6.45, 7) is 3.21. The summed E-state index contributed by atoms with van der Waals surface area (Å²) >= 11 is 0. The summed E-state index contributed by atoms with van der Waals surface area (Å²) in [5.41, 5.74) is 1.19. The molecule has 1 heterocycles. The third-order valence-corrected chi connectivity index (χ3v) is 6.69. The number of methoxy groups -OCH3 is 2. The molecule has 1 aliphatic rings. The molecule has 2 aromatic carbocycles. The third-order valence-electron chi connectivity index (χ3n) is 4.78. The summed E-state index contributed by atoms with van der Waals surface area (Å²) in [4.78, 5) is 20.8. The van der Waals surface area contributed by atoms with Crippen molar-refractivity contribution >= 4 is 22.0 Å². The number of ether oxygens (including phenoxy) is 2. The van der Waals surface area contributed by atoms with Crippen LogP contribution in [-0.2, 0) is 26.2 Å². The zero-order chi connectivity index (χ0) is 23.7. The third kappa shape index (κ3) is 6.94. The smallest absolute Gasteiger partial charge is 0.414 e. The van der Waals surface area contributed by atoms with Crippen LogP contribution in [0, 0.1) is 0 Å². The average molecular weight is 467 g/mol. The number of benzene rings is 2. The quantitative estimate of drug-likeness (QED) is 0.605. The Balaban J connectivity index is 0.000000534. The minimum absolute atomic E-state index is 0.307. The fraction of sp³-hybridized carbons (Fsp3) is 0.333. The second-order valence-corrected chi connectivity index (χ2v) is 8.75. The number of carboxylic acids is 2. The van der Waals surface area contributed by atoms with Crippen LogP contribution in [0.4, 0.5) is 0 Å². The van der Waals surface area contributed by atoms with Crippen LogP contribution in [0.15, 0.2) is 53.4 Å². The molecular formula is C21H26N2O8S. The molecule has 2 N–H and O–H groups in total. The molecule has 0 radical (unpaired) electrons. The monoisotopic (exact) mass is 466 g/mol. The standard InChI is InChI=1S/C19H24N2O4S.C2H2O4/c1-24-17-5-3-16(4-6-17)15-20-11-13-21(14-12-20)26(22,23)19-9-7-18(25-2)8-10-19;3-1(4)2(5)6/h3-10H,11-15H2,1-2H3;(H,3,4)(H,5,6). The van der Waals surface area contributed by atoms with E-state index >= 15 is 0 Å². The van der Waals surface area contributed by atoms with Crippen LogP contribution in [-0.4, -0.2) is 80.2 Å². The number of hydrogen-bond acceptors (Lipinski definition) is 7. The molecule has 174 valence electrons. The number of rotatable bonds is 6. The Labute approximate surface area is 186 Å². The second kappa shape index (κ2) is 11.5. The number of sulfonamides is 1. The molecule has 2 aromatic rings. The number of nitrogens with zero attached hydrogens (tertiary/aromatic N) is 2. The fourth-order valence-electron chi connectivity index (χ4n) is 3.01. The van der Waals surface area contributed by atoms with Crippen LogP contribution in [0.3, 0.4) is 0 Å². The molecule has 1 fully saturated rings. The van der Waals surface area contributed by atoms with E-state index in [9.17, 15) is 8.42 Å². The van der Waals surface area contributed by atoms with Gasteiger partial charge in [0.1, 0.15) is 11.5 Å². The highest BCUT2D eigenvalue weighted by molar-refractivity contribution is 7.89. The van der Waals surface area contributed by atoms with Gasteiger partial charge < -0.3 is 19.7 Å². The zero-order valence-electron chi connectivity index (χ0n) is 17.8. The first-order valence-corrected chi connectivity index (χ1v) is 11.1. The van der Waals surface area contributed by atoms with E-state index in [1.54, 1.807) is 42.8 Å². The van der Waals surface area contributed by atoms with E-state index in [4.69, 9.17) is 29.3 Å². The van der Waals surface area contributed by atoms with Crippen molar-refractivity contribution in [3.05, 3.63) is 54.1 Å². The highest BCUT2D eigenvalue weighted by atomic mass is 32.2. The second-order valence-electron chi connectivity index (χ2n) is 6.81. The van der Waals surface area contributed by atoms with Crippen molar-refractivity contribution in [1.29, 1.82) is 0 Å². The van der Waals surface area contributed by atoms with Gasteiger partial charge in [0, 0.05) is 32.7 Å². The van der Waals surface area contributed by atoms with Gasteiger partial charge in [-0.05, 0) is 42.0 Å². The summed E-state index contributed by atoms with van der Waals surface area (Å²) in [5, 5.41) is 14.8. The highest BCUT2D eigenvalue weighted by Gasteiger charge is 2.28. The van der Waals surface area contributed by atoms with E-state index < -0.39 is 22.0 Å². The molecule has 0 atom stereocenters. The van der Waals surface area contributed by atoms with Gasteiger partial charge in [0.15, 0.2) is 0 Å². The Hall–Kier alpha value is -3.15. The van der Waals surface area contributed by atoms with Gasteiger partial charge in [0.25, 0.3) is 0 Å². The topological polar surface area (TPSA) is 134 Å². The summed E-state index contributed by atoms with van der Waals surface area (Å²) in [6.07, 6.45) is 0. The molecule has 0 aliphatic carbocycles. The van der Waals surface area contributed by atoms with Gasteiger partial charge in [0.05, 0.1) is 19.1 Å². The Kier molecular flexibility index (Phi) is 9.00. The van der Waals surface area contributed by atoms with E-state index in [0.717, 1.165) is 12.3 Å². The van der Waals surface area contributed by atoms with Crippen LogP contribution < -0.4 is 9.47 Å². The van der Waals surface area contributed by atoms with E-state index in [1.807, 2.05) is 24.3 Å². The van der Waals surface area contributed by atoms with Crippen molar-refractivity contribution < 1.29 is 37.7 Å². The van der Waals surface area contributed by atoms with E-state index in [0.29, 0.717) is 36.8 Å². The summed E-state index contributed by atoms with van der Waals surface area (Å²) in [7, 11) is -0.246. The molecular weight excluding hydrogens is 440 g/mol. The molecule has 0 bridgehead atoms. The van der Waals surface area contributed by atoms with Crippen molar-refractivity contribution in [3.8, 4) is 11.5 Å². The van der Waals surface area contributed by atoms with Crippen molar-refractivity contribution in [1.82, 2.24) is 9.21 Å². The van der Waals surface area contributed by atoms with Gasteiger partial charge in [-0.3, -0.25) is 4.90 Å². The number of hydrogen-bond donors (Lipinski definition) is 2. The van der Waals surface area contributed by atoms with Gasteiger partial charge in [-0.2, -0.15) is 4.31 Å². The summed E-state index contributed by atoms with van der Waals surface area (Å²) in [5.74, 6) is -2.16. The minimum Gasteiger partial charge on any atom is -0.497 e. The molecule has 1 saturated heterocycles. The number of piperazine rings is 1. The van der Waals surface area contributed by atoms with Crippen LogP contribution in [0.5, 0.6) is 11.5 Å². The maximum Gasteiger partial charge on any atom is 0.414 e. The predicted octanol–water partition coefficient (Wildman–Crippen LogP) is 1.37. The maximum atomic E-state index is 12.8. The fourth-order valence-corrected chi connectivity index (χ4v) is 4.44. The molecule has 10 nitrogen and oxygen atoms in total. The molecule has 0 amide bonds. The van der Waals surface area contributed by atoms with Crippen molar-refractivity contribution in [2.45, 2.75) is 11.4 Å². The van der Waals surface area contributed by atoms with Gasteiger partial charge in [-0.25, -0.2) is 18.0 Å². The maximum absolute atomic E-state index is 12.8. The van der Waals surface area contributed by atoms with E-state index in [2.05, 4.69) is 4.90 Å². The summed E-state index contributed by atoms with van der Waals surface area (Å²) < 4.78 is 37.4. The normalized spacial score (nSPS) is 14.7. The van der Waals surface area contributed by atoms with Crippen molar-refractivity contribution in [3.63, 3.8) is 0 Å². The van der Waals surface area contributed by atoms with Crippen molar-refractivity contribution in [2.75, 3.05) is 40.4 Å². The van der Waals surface area contributed by atoms with Gasteiger partial charge in [-0.15, -0.1) is 0 Å². The summed E-state index contributed by atoms with van der Waals surface area (Å²) in [6, 6.07) is 14.5. The Morgan fingerprint density at radius 2 is 1.25 bits per heavy atom. The van der Waals surface area contributed by atoms with Crippen LogP contribution in [0.2, 0.25) is 0 Å². The predicted molar refractivity (Wildman–Crippen MR) is 115 cm³/mol. The Morgan fingerprint density at radius 1 is 0.812 bits per heavy atom. The number of aliphatic carboxylic acids is 2. The zero-order valence-corrected chi connectivity index (χ0v) is 18.6. The Morgan fingerprint density at radius 3 is 1.66 bits per heavy atom.